The van der Waals surface area contributed by atoms with E-state index in [2.05, 4.69) is 39.0 Å². The zero-order valence-electron chi connectivity index (χ0n) is 18.7. The topological polar surface area (TPSA) is 104 Å². The van der Waals surface area contributed by atoms with Gasteiger partial charge in [-0.1, -0.05) is 37.6 Å². The molecule has 0 fully saturated rings. The average molecular weight is 440 g/mol. The number of aryl methyl sites for hydroxylation is 1. The number of carbonyl (C=O) groups is 1. The molecule has 4 aromatic rings. The van der Waals surface area contributed by atoms with Crippen LogP contribution in [-0.2, 0) is 12.8 Å². The first-order valence-corrected chi connectivity index (χ1v) is 10.8. The van der Waals surface area contributed by atoms with Gasteiger partial charge in [0.15, 0.2) is 11.6 Å². The lowest BCUT2D eigenvalue weighted by Gasteiger charge is -2.11. The fourth-order valence-corrected chi connectivity index (χ4v) is 3.67. The van der Waals surface area contributed by atoms with E-state index in [0.29, 0.717) is 11.6 Å². The number of pyridine rings is 2. The highest BCUT2D eigenvalue weighted by molar-refractivity contribution is 6.00. The third-order valence-corrected chi connectivity index (χ3v) is 5.36. The van der Waals surface area contributed by atoms with Crippen LogP contribution in [0.1, 0.15) is 35.0 Å². The van der Waals surface area contributed by atoms with E-state index in [-0.39, 0.29) is 23.7 Å². The normalized spacial score (nSPS) is 10.7. The number of ketones is 1. The summed E-state index contributed by atoms with van der Waals surface area (Å²) >= 11 is 0. The second-order valence-electron chi connectivity index (χ2n) is 7.66. The molecule has 0 bridgehead atoms. The number of hydrogen-bond donors (Lipinski definition) is 1. The number of carbonyl (C=O) groups excluding carboxylic acids is 1. The fourth-order valence-electron chi connectivity index (χ4n) is 3.67. The minimum absolute atomic E-state index is 0.0889. The number of Topliss-reactive ketones (excluding diaryl/α,β-unsaturated/α-hetero) is 1. The van der Waals surface area contributed by atoms with E-state index in [9.17, 15) is 4.79 Å². The fraction of sp³-hybridized carbons (Fsp3) is 0.192. The first-order valence-electron chi connectivity index (χ1n) is 10.8. The standard InChI is InChI=1S/C26H25N5O2/c1-3-4-17-5-7-18(8-6-17)22-16-30-26(27)25(31-22)23(32)13-20-15-28-11-10-21(20)19-9-12-29-24(14-19)33-2/h5-12,14-16H,3-4,13H2,1-2H3,(H2,27,30). The molecule has 0 saturated heterocycles. The molecule has 0 saturated carbocycles. The summed E-state index contributed by atoms with van der Waals surface area (Å²) < 4.78 is 5.23. The first kappa shape index (κ1) is 22.1. The highest BCUT2D eigenvalue weighted by Gasteiger charge is 2.18. The largest absolute Gasteiger partial charge is 0.481 e. The Morgan fingerprint density at radius 3 is 2.58 bits per heavy atom. The van der Waals surface area contributed by atoms with Crippen LogP contribution in [0.15, 0.2) is 67.3 Å². The van der Waals surface area contributed by atoms with Gasteiger partial charge in [0, 0.05) is 36.6 Å². The lowest BCUT2D eigenvalue weighted by Crippen LogP contribution is -2.12. The van der Waals surface area contributed by atoms with Crippen molar-refractivity contribution in [1.29, 1.82) is 0 Å². The van der Waals surface area contributed by atoms with E-state index in [0.717, 1.165) is 35.1 Å². The van der Waals surface area contributed by atoms with Crippen molar-refractivity contribution < 1.29 is 9.53 Å². The summed E-state index contributed by atoms with van der Waals surface area (Å²) in [5, 5.41) is 0. The van der Waals surface area contributed by atoms with E-state index in [1.165, 1.54) is 5.56 Å². The molecular formula is C26H25N5O2. The molecule has 0 radical (unpaired) electrons. The van der Waals surface area contributed by atoms with Crippen LogP contribution in [-0.4, -0.2) is 32.8 Å². The molecule has 33 heavy (non-hydrogen) atoms. The Hall–Kier alpha value is -4.13. The summed E-state index contributed by atoms with van der Waals surface area (Å²) in [5.41, 5.74) is 11.5. The first-order chi connectivity index (χ1) is 16.1. The zero-order valence-corrected chi connectivity index (χ0v) is 18.7. The Balaban J connectivity index is 1.63. The van der Waals surface area contributed by atoms with Crippen molar-refractivity contribution >= 4 is 11.6 Å². The summed E-state index contributed by atoms with van der Waals surface area (Å²) in [7, 11) is 1.56. The quantitative estimate of drug-likeness (QED) is 0.401. The number of nitrogen functional groups attached to an aromatic ring is 1. The Morgan fingerprint density at radius 2 is 1.82 bits per heavy atom. The second kappa shape index (κ2) is 9.99. The number of benzene rings is 1. The summed E-state index contributed by atoms with van der Waals surface area (Å²) in [5.74, 6) is 0.386. The summed E-state index contributed by atoms with van der Waals surface area (Å²) in [4.78, 5) is 30.4. The monoisotopic (exact) mass is 439 g/mol. The molecular weight excluding hydrogens is 414 g/mol. The van der Waals surface area contributed by atoms with E-state index < -0.39 is 0 Å². The van der Waals surface area contributed by atoms with Crippen molar-refractivity contribution in [3.63, 3.8) is 0 Å². The van der Waals surface area contributed by atoms with Gasteiger partial charge in [0.05, 0.1) is 19.0 Å². The molecule has 3 heterocycles. The maximum absolute atomic E-state index is 13.2. The molecule has 0 aliphatic heterocycles. The lowest BCUT2D eigenvalue weighted by molar-refractivity contribution is 0.0989. The third-order valence-electron chi connectivity index (χ3n) is 5.36. The van der Waals surface area contributed by atoms with Gasteiger partial charge in [-0.05, 0) is 40.8 Å². The van der Waals surface area contributed by atoms with Gasteiger partial charge in [0.2, 0.25) is 5.88 Å². The van der Waals surface area contributed by atoms with Crippen molar-refractivity contribution in [1.82, 2.24) is 19.9 Å². The molecule has 0 spiro atoms. The van der Waals surface area contributed by atoms with Crippen LogP contribution in [0.4, 0.5) is 5.82 Å². The van der Waals surface area contributed by atoms with Gasteiger partial charge in [0.25, 0.3) is 0 Å². The number of anilines is 1. The highest BCUT2D eigenvalue weighted by Crippen LogP contribution is 2.27. The van der Waals surface area contributed by atoms with Gasteiger partial charge in [-0.2, -0.15) is 0 Å². The smallest absolute Gasteiger partial charge is 0.213 e. The van der Waals surface area contributed by atoms with Crippen molar-refractivity contribution in [2.45, 2.75) is 26.2 Å². The summed E-state index contributed by atoms with van der Waals surface area (Å²) in [6.45, 7) is 2.15. The SMILES string of the molecule is CCCc1ccc(-c2cnc(N)c(C(=O)Cc3cnccc3-c3ccnc(OC)c3)n2)cc1. The van der Waals surface area contributed by atoms with Crippen molar-refractivity contribution in [3.8, 4) is 28.3 Å². The van der Waals surface area contributed by atoms with Crippen molar-refractivity contribution in [3.05, 3.63) is 84.1 Å². The van der Waals surface area contributed by atoms with Crippen LogP contribution in [0.2, 0.25) is 0 Å². The van der Waals surface area contributed by atoms with Gasteiger partial charge in [-0.15, -0.1) is 0 Å². The van der Waals surface area contributed by atoms with Crippen LogP contribution in [0.25, 0.3) is 22.4 Å². The number of aromatic nitrogens is 4. The average Bonchev–Trinajstić information content (AvgIpc) is 2.85. The lowest BCUT2D eigenvalue weighted by atomic mass is 9.98. The minimum Gasteiger partial charge on any atom is -0.481 e. The molecule has 7 heteroatoms. The van der Waals surface area contributed by atoms with Crippen LogP contribution in [0.3, 0.4) is 0 Å². The molecule has 2 N–H and O–H groups in total. The number of nitrogens with zero attached hydrogens (tertiary/aromatic N) is 4. The Labute approximate surface area is 192 Å². The van der Waals surface area contributed by atoms with Gasteiger partial charge in [-0.3, -0.25) is 9.78 Å². The van der Waals surface area contributed by atoms with E-state index >= 15 is 0 Å². The molecule has 166 valence electrons. The molecule has 1 aromatic carbocycles. The van der Waals surface area contributed by atoms with Gasteiger partial charge in [-0.25, -0.2) is 15.0 Å². The van der Waals surface area contributed by atoms with Crippen molar-refractivity contribution in [2.75, 3.05) is 12.8 Å². The molecule has 0 atom stereocenters. The molecule has 0 aliphatic carbocycles. The predicted molar refractivity (Wildman–Crippen MR) is 128 cm³/mol. The van der Waals surface area contributed by atoms with Gasteiger partial charge in [0.1, 0.15) is 5.69 Å². The van der Waals surface area contributed by atoms with E-state index in [4.69, 9.17) is 10.5 Å². The van der Waals surface area contributed by atoms with Gasteiger partial charge < -0.3 is 10.5 Å². The minimum atomic E-state index is -0.222. The van der Waals surface area contributed by atoms with E-state index in [1.54, 1.807) is 31.9 Å². The number of methoxy groups -OCH3 is 1. The molecule has 7 nitrogen and oxygen atoms in total. The number of ether oxygens (including phenoxy) is 1. The Bertz CT molecular complexity index is 1270. The van der Waals surface area contributed by atoms with Gasteiger partial charge >= 0.3 is 0 Å². The Morgan fingerprint density at radius 1 is 1.00 bits per heavy atom. The second-order valence-corrected chi connectivity index (χ2v) is 7.66. The molecule has 3 aromatic heterocycles. The molecule has 4 rings (SSSR count). The summed E-state index contributed by atoms with van der Waals surface area (Å²) in [6.07, 6.45) is 8.83. The van der Waals surface area contributed by atoms with Crippen LogP contribution in [0.5, 0.6) is 5.88 Å². The maximum Gasteiger partial charge on any atom is 0.213 e. The van der Waals surface area contributed by atoms with E-state index in [1.807, 2.05) is 30.3 Å². The van der Waals surface area contributed by atoms with Crippen LogP contribution >= 0.6 is 0 Å². The highest BCUT2D eigenvalue weighted by atomic mass is 16.5. The number of hydrogen-bond acceptors (Lipinski definition) is 7. The molecule has 0 unspecified atom stereocenters. The third kappa shape index (κ3) is 5.03. The molecule has 0 amide bonds. The summed E-state index contributed by atoms with van der Waals surface area (Å²) in [6, 6.07) is 13.7. The number of rotatable bonds is 8. The predicted octanol–water partition coefficient (Wildman–Crippen LogP) is 4.57. The number of nitrogens with two attached hydrogens (primary N) is 1. The maximum atomic E-state index is 13.2. The Kier molecular flexibility index (Phi) is 6.69. The van der Waals surface area contributed by atoms with Crippen molar-refractivity contribution in [2.24, 2.45) is 0 Å². The van der Waals surface area contributed by atoms with Crippen LogP contribution < -0.4 is 10.5 Å². The van der Waals surface area contributed by atoms with Crippen LogP contribution in [0, 0.1) is 0 Å². The zero-order chi connectivity index (χ0) is 23.2. The molecule has 0 aliphatic rings.